The van der Waals surface area contributed by atoms with Gasteiger partial charge >= 0.3 is 0 Å². The van der Waals surface area contributed by atoms with E-state index in [0.717, 1.165) is 32.1 Å². The van der Waals surface area contributed by atoms with Gasteiger partial charge in [0, 0.05) is 12.6 Å². The maximum Gasteiger partial charge on any atom is 0.235 e. The Kier molecular flexibility index (Phi) is 9.10. The van der Waals surface area contributed by atoms with Crippen LogP contribution in [0, 0.1) is 0 Å². The number of alkyl halides is 1. The predicted molar refractivity (Wildman–Crippen MR) is 58.5 cm³/mol. The smallest absolute Gasteiger partial charge is 0.235 e. The number of halogens is 1. The summed E-state index contributed by atoms with van der Waals surface area (Å²) in [5.41, 5.74) is 0. The van der Waals surface area contributed by atoms with Crippen LogP contribution < -0.4 is 5.32 Å². The molecule has 14 heavy (non-hydrogen) atoms. The molecule has 84 valence electrons. The molecule has 0 saturated heterocycles. The van der Waals surface area contributed by atoms with Gasteiger partial charge in [0.1, 0.15) is 5.88 Å². The van der Waals surface area contributed by atoms with Crippen molar-refractivity contribution < 1.29 is 9.90 Å². The third-order valence-corrected chi connectivity index (χ3v) is 2.35. The zero-order valence-electron chi connectivity index (χ0n) is 8.76. The summed E-state index contributed by atoms with van der Waals surface area (Å²) in [7, 11) is 0. The highest BCUT2D eigenvalue weighted by Gasteiger charge is 2.10. The van der Waals surface area contributed by atoms with E-state index in [1.54, 1.807) is 0 Å². The number of unbranched alkanes of at least 4 members (excludes halogenated alkanes) is 1. The number of amides is 1. The van der Waals surface area contributed by atoms with Crippen molar-refractivity contribution in [2.24, 2.45) is 0 Å². The Labute approximate surface area is 90.8 Å². The van der Waals surface area contributed by atoms with Gasteiger partial charge in [-0.15, -0.1) is 11.6 Å². The predicted octanol–water partition coefficient (Wildman–Crippen LogP) is 1.67. The number of rotatable bonds is 8. The Balaban J connectivity index is 3.77. The maximum absolute atomic E-state index is 11.0. The Morgan fingerprint density at radius 3 is 2.57 bits per heavy atom. The molecule has 1 amide bonds. The second kappa shape index (κ2) is 9.28. The Morgan fingerprint density at radius 1 is 1.43 bits per heavy atom. The molecule has 0 saturated carbocycles. The molecule has 0 rings (SSSR count). The number of carbonyl (C=O) groups is 1. The first-order valence-electron chi connectivity index (χ1n) is 5.20. The lowest BCUT2D eigenvalue weighted by Gasteiger charge is -2.17. The van der Waals surface area contributed by atoms with Crippen LogP contribution in [0.1, 0.15) is 39.0 Å². The third-order valence-electron chi connectivity index (χ3n) is 2.10. The maximum atomic E-state index is 11.0. The van der Waals surface area contributed by atoms with Crippen molar-refractivity contribution in [1.29, 1.82) is 0 Å². The van der Waals surface area contributed by atoms with Crippen molar-refractivity contribution in [3.8, 4) is 0 Å². The van der Waals surface area contributed by atoms with Gasteiger partial charge in [-0.2, -0.15) is 0 Å². The van der Waals surface area contributed by atoms with Crippen molar-refractivity contribution in [1.82, 2.24) is 5.32 Å². The number of hydrogen-bond acceptors (Lipinski definition) is 2. The molecule has 0 bridgehead atoms. The van der Waals surface area contributed by atoms with Crippen molar-refractivity contribution in [3.05, 3.63) is 0 Å². The monoisotopic (exact) mass is 221 g/mol. The van der Waals surface area contributed by atoms with E-state index >= 15 is 0 Å². The highest BCUT2D eigenvalue weighted by Crippen LogP contribution is 2.06. The summed E-state index contributed by atoms with van der Waals surface area (Å²) >= 11 is 5.40. The van der Waals surface area contributed by atoms with Crippen LogP contribution in [0.3, 0.4) is 0 Å². The molecular weight excluding hydrogens is 202 g/mol. The minimum Gasteiger partial charge on any atom is -0.396 e. The largest absolute Gasteiger partial charge is 0.396 e. The number of hydrogen-bond donors (Lipinski definition) is 2. The minimum atomic E-state index is -0.120. The Hall–Kier alpha value is -0.280. The molecular formula is C10H20ClNO2. The first-order chi connectivity index (χ1) is 6.74. The van der Waals surface area contributed by atoms with Crippen LogP contribution >= 0.6 is 11.6 Å². The van der Waals surface area contributed by atoms with E-state index in [4.69, 9.17) is 16.7 Å². The van der Waals surface area contributed by atoms with Gasteiger partial charge in [0.15, 0.2) is 0 Å². The highest BCUT2D eigenvalue weighted by atomic mass is 35.5. The van der Waals surface area contributed by atoms with Gasteiger partial charge in [-0.25, -0.2) is 0 Å². The van der Waals surface area contributed by atoms with E-state index in [9.17, 15) is 4.79 Å². The Bertz CT molecular complexity index is 145. The first-order valence-corrected chi connectivity index (χ1v) is 5.74. The lowest BCUT2D eigenvalue weighted by atomic mass is 10.1. The van der Waals surface area contributed by atoms with Gasteiger partial charge in [0.2, 0.25) is 5.91 Å². The van der Waals surface area contributed by atoms with Gasteiger partial charge in [0.05, 0.1) is 0 Å². The molecule has 3 nitrogen and oxygen atoms in total. The van der Waals surface area contributed by atoms with E-state index in [1.165, 1.54) is 0 Å². The number of nitrogens with one attached hydrogen (secondary N) is 1. The van der Waals surface area contributed by atoms with Crippen LogP contribution in [-0.4, -0.2) is 29.5 Å². The molecule has 0 aliphatic carbocycles. The second-order valence-electron chi connectivity index (χ2n) is 3.41. The average molecular weight is 222 g/mol. The molecule has 4 heteroatoms. The summed E-state index contributed by atoms with van der Waals surface area (Å²) in [6, 6.07) is 0.174. The number of aliphatic hydroxyl groups excluding tert-OH is 1. The molecule has 0 aliphatic heterocycles. The fourth-order valence-electron chi connectivity index (χ4n) is 1.34. The summed E-state index contributed by atoms with van der Waals surface area (Å²) < 4.78 is 0. The molecule has 0 aromatic carbocycles. The summed E-state index contributed by atoms with van der Waals surface area (Å²) in [6.45, 7) is 2.30. The molecule has 0 radical (unpaired) electrons. The molecule has 1 unspecified atom stereocenters. The summed E-state index contributed by atoms with van der Waals surface area (Å²) in [5, 5.41) is 11.5. The zero-order chi connectivity index (χ0) is 10.8. The lowest BCUT2D eigenvalue weighted by molar-refractivity contribution is -0.119. The molecule has 1 atom stereocenters. The lowest BCUT2D eigenvalue weighted by Crippen LogP contribution is -2.35. The van der Waals surface area contributed by atoms with Crippen molar-refractivity contribution in [3.63, 3.8) is 0 Å². The quantitative estimate of drug-likeness (QED) is 0.613. The van der Waals surface area contributed by atoms with Crippen LogP contribution in [0.2, 0.25) is 0 Å². The summed E-state index contributed by atoms with van der Waals surface area (Å²) in [6.07, 6.45) is 4.75. The average Bonchev–Trinajstić information content (AvgIpc) is 2.21. The van der Waals surface area contributed by atoms with E-state index in [2.05, 4.69) is 12.2 Å². The van der Waals surface area contributed by atoms with Gasteiger partial charge < -0.3 is 10.4 Å². The molecule has 0 fully saturated rings. The standard InChI is InChI=1S/C10H20ClNO2/c1-2-3-5-9(6-4-7-13)12-10(14)8-11/h9,13H,2-8H2,1H3,(H,12,14). The molecule has 0 heterocycles. The van der Waals surface area contributed by atoms with Crippen molar-refractivity contribution in [2.45, 2.75) is 45.1 Å². The summed E-state index contributed by atoms with van der Waals surface area (Å²) in [4.78, 5) is 11.0. The van der Waals surface area contributed by atoms with Gasteiger partial charge in [-0.05, 0) is 19.3 Å². The SMILES string of the molecule is CCCCC(CCCO)NC(=O)CCl. The Morgan fingerprint density at radius 2 is 2.07 bits per heavy atom. The fourth-order valence-corrected chi connectivity index (χ4v) is 1.42. The summed E-state index contributed by atoms with van der Waals surface area (Å²) in [5.74, 6) is -0.104. The van der Waals surface area contributed by atoms with Crippen molar-refractivity contribution in [2.75, 3.05) is 12.5 Å². The molecule has 0 aromatic heterocycles. The zero-order valence-corrected chi connectivity index (χ0v) is 9.52. The molecule has 0 aromatic rings. The topological polar surface area (TPSA) is 49.3 Å². The van der Waals surface area contributed by atoms with E-state index in [0.29, 0.717) is 0 Å². The van der Waals surface area contributed by atoms with Crippen LogP contribution in [-0.2, 0) is 4.79 Å². The third kappa shape index (κ3) is 7.15. The normalized spacial score (nSPS) is 12.5. The van der Waals surface area contributed by atoms with Crippen LogP contribution in [0.4, 0.5) is 0 Å². The highest BCUT2D eigenvalue weighted by molar-refractivity contribution is 6.27. The van der Waals surface area contributed by atoms with Crippen LogP contribution in [0.15, 0.2) is 0 Å². The first kappa shape index (κ1) is 13.7. The van der Waals surface area contributed by atoms with E-state index < -0.39 is 0 Å². The second-order valence-corrected chi connectivity index (χ2v) is 3.67. The number of aliphatic hydroxyl groups is 1. The van der Waals surface area contributed by atoms with Gasteiger partial charge in [-0.1, -0.05) is 19.8 Å². The molecule has 2 N–H and O–H groups in total. The van der Waals surface area contributed by atoms with Gasteiger partial charge in [-0.3, -0.25) is 4.79 Å². The molecule has 0 aliphatic rings. The number of carbonyl (C=O) groups excluding carboxylic acids is 1. The van der Waals surface area contributed by atoms with E-state index in [1.807, 2.05) is 0 Å². The van der Waals surface area contributed by atoms with Crippen LogP contribution in [0.5, 0.6) is 0 Å². The van der Waals surface area contributed by atoms with E-state index in [-0.39, 0.29) is 24.4 Å². The van der Waals surface area contributed by atoms with Gasteiger partial charge in [0.25, 0.3) is 0 Å². The van der Waals surface area contributed by atoms with Crippen molar-refractivity contribution >= 4 is 17.5 Å². The fraction of sp³-hybridized carbons (Fsp3) is 0.900. The molecule has 0 spiro atoms. The van der Waals surface area contributed by atoms with Crippen LogP contribution in [0.25, 0.3) is 0 Å². The minimum absolute atomic E-state index is 0.0156.